The first-order valence-corrected chi connectivity index (χ1v) is 4.40. The van der Waals surface area contributed by atoms with Crippen LogP contribution in [-0.2, 0) is 4.79 Å². The lowest BCUT2D eigenvalue weighted by molar-refractivity contribution is -0.122. The Balaban J connectivity index is 3.78. The zero-order valence-electron chi connectivity index (χ0n) is 7.48. The fraction of sp³-hybridized carbons (Fsp3) is 0.667. The Hall–Kier alpha value is -0.680. The molecule has 3 heteroatoms. The SMILES string of the molecule is C#CC(C)(C)NC(=O)CCCCl. The van der Waals surface area contributed by atoms with E-state index in [1.165, 1.54) is 0 Å². The Morgan fingerprint density at radius 3 is 2.67 bits per heavy atom. The molecule has 0 aliphatic rings. The van der Waals surface area contributed by atoms with Gasteiger partial charge in [0.25, 0.3) is 0 Å². The van der Waals surface area contributed by atoms with Crippen molar-refractivity contribution in [1.82, 2.24) is 5.32 Å². The van der Waals surface area contributed by atoms with Crippen molar-refractivity contribution in [3.63, 3.8) is 0 Å². The second-order valence-electron chi connectivity index (χ2n) is 3.11. The van der Waals surface area contributed by atoms with Crippen LogP contribution in [0.1, 0.15) is 26.7 Å². The molecule has 68 valence electrons. The Morgan fingerprint density at radius 1 is 1.67 bits per heavy atom. The molecule has 1 amide bonds. The third-order valence-corrected chi connectivity index (χ3v) is 1.62. The molecular weight excluding hydrogens is 174 g/mol. The second kappa shape index (κ2) is 5.05. The van der Waals surface area contributed by atoms with Gasteiger partial charge in [-0.15, -0.1) is 18.0 Å². The van der Waals surface area contributed by atoms with E-state index in [-0.39, 0.29) is 5.91 Å². The van der Waals surface area contributed by atoms with Crippen LogP contribution in [-0.4, -0.2) is 17.3 Å². The molecule has 0 bridgehead atoms. The van der Waals surface area contributed by atoms with Gasteiger partial charge in [-0.1, -0.05) is 5.92 Å². The van der Waals surface area contributed by atoms with Gasteiger partial charge in [0.2, 0.25) is 5.91 Å². The quantitative estimate of drug-likeness (QED) is 0.525. The number of terminal acetylenes is 1. The van der Waals surface area contributed by atoms with E-state index in [9.17, 15) is 4.79 Å². The average Bonchev–Trinajstić information content (AvgIpc) is 2.00. The molecule has 0 aromatic rings. The topological polar surface area (TPSA) is 29.1 Å². The molecule has 0 radical (unpaired) electrons. The number of hydrogen-bond acceptors (Lipinski definition) is 1. The minimum atomic E-state index is -0.552. The molecule has 2 nitrogen and oxygen atoms in total. The van der Waals surface area contributed by atoms with Crippen molar-refractivity contribution in [2.24, 2.45) is 0 Å². The van der Waals surface area contributed by atoms with Crippen molar-refractivity contribution in [2.75, 3.05) is 5.88 Å². The van der Waals surface area contributed by atoms with Crippen LogP contribution in [0, 0.1) is 12.3 Å². The summed E-state index contributed by atoms with van der Waals surface area (Å²) in [4.78, 5) is 11.1. The number of carbonyl (C=O) groups is 1. The summed E-state index contributed by atoms with van der Waals surface area (Å²) in [7, 11) is 0. The molecule has 12 heavy (non-hydrogen) atoms. The summed E-state index contributed by atoms with van der Waals surface area (Å²) in [5.41, 5.74) is -0.552. The highest BCUT2D eigenvalue weighted by atomic mass is 35.5. The van der Waals surface area contributed by atoms with E-state index in [0.717, 1.165) is 0 Å². The minimum absolute atomic E-state index is 0.0430. The highest BCUT2D eigenvalue weighted by molar-refractivity contribution is 6.17. The van der Waals surface area contributed by atoms with Crippen molar-refractivity contribution >= 4 is 17.5 Å². The van der Waals surface area contributed by atoms with Crippen molar-refractivity contribution in [1.29, 1.82) is 0 Å². The molecule has 0 aromatic carbocycles. The van der Waals surface area contributed by atoms with Crippen molar-refractivity contribution in [3.05, 3.63) is 0 Å². The molecule has 0 aromatic heterocycles. The number of hydrogen-bond donors (Lipinski definition) is 1. The molecule has 0 saturated heterocycles. The molecule has 0 rings (SSSR count). The zero-order valence-corrected chi connectivity index (χ0v) is 8.24. The van der Waals surface area contributed by atoms with Gasteiger partial charge in [0.1, 0.15) is 0 Å². The monoisotopic (exact) mass is 187 g/mol. The van der Waals surface area contributed by atoms with E-state index in [0.29, 0.717) is 18.7 Å². The standard InChI is InChI=1S/C9H14ClNO/c1-4-9(2,3)11-8(12)6-5-7-10/h1H,5-7H2,2-3H3,(H,11,12). The van der Waals surface area contributed by atoms with Gasteiger partial charge in [0.05, 0.1) is 5.54 Å². The van der Waals surface area contributed by atoms with E-state index in [1.54, 1.807) is 13.8 Å². The maximum absolute atomic E-state index is 11.1. The van der Waals surface area contributed by atoms with E-state index in [4.69, 9.17) is 18.0 Å². The van der Waals surface area contributed by atoms with Crippen LogP contribution in [0.25, 0.3) is 0 Å². The average molecular weight is 188 g/mol. The maximum atomic E-state index is 11.1. The largest absolute Gasteiger partial charge is 0.340 e. The van der Waals surface area contributed by atoms with Crippen LogP contribution >= 0.6 is 11.6 Å². The number of alkyl halides is 1. The summed E-state index contributed by atoms with van der Waals surface area (Å²) in [5.74, 6) is 2.94. The molecule has 0 unspecified atom stereocenters. The van der Waals surface area contributed by atoms with Crippen LogP contribution < -0.4 is 5.32 Å². The zero-order chi connectivity index (χ0) is 9.61. The highest BCUT2D eigenvalue weighted by Gasteiger charge is 2.15. The van der Waals surface area contributed by atoms with Gasteiger partial charge < -0.3 is 5.32 Å². The Morgan fingerprint density at radius 2 is 2.25 bits per heavy atom. The second-order valence-corrected chi connectivity index (χ2v) is 3.49. The van der Waals surface area contributed by atoms with Gasteiger partial charge in [-0.25, -0.2) is 0 Å². The van der Waals surface area contributed by atoms with Crippen LogP contribution in [0.5, 0.6) is 0 Å². The summed E-state index contributed by atoms with van der Waals surface area (Å²) in [6, 6.07) is 0. The van der Waals surface area contributed by atoms with Gasteiger partial charge in [-0.2, -0.15) is 0 Å². The third kappa shape index (κ3) is 5.03. The summed E-state index contributed by atoms with van der Waals surface area (Å²) in [5, 5.41) is 2.71. The van der Waals surface area contributed by atoms with Crippen molar-refractivity contribution in [2.45, 2.75) is 32.2 Å². The molecule has 0 saturated carbocycles. The number of amides is 1. The first-order valence-electron chi connectivity index (χ1n) is 3.86. The van der Waals surface area contributed by atoms with Gasteiger partial charge >= 0.3 is 0 Å². The predicted molar refractivity (Wildman–Crippen MR) is 51.0 cm³/mol. The molecule has 0 spiro atoms. The summed E-state index contributed by atoms with van der Waals surface area (Å²) in [6.07, 6.45) is 6.32. The Bertz CT molecular complexity index is 193. The fourth-order valence-electron chi connectivity index (χ4n) is 0.675. The minimum Gasteiger partial charge on any atom is -0.340 e. The van der Waals surface area contributed by atoms with Crippen molar-refractivity contribution < 1.29 is 4.79 Å². The van der Waals surface area contributed by atoms with E-state index < -0.39 is 5.54 Å². The van der Waals surface area contributed by atoms with Gasteiger partial charge in [-0.3, -0.25) is 4.79 Å². The number of carbonyl (C=O) groups excluding carboxylic acids is 1. The lowest BCUT2D eigenvalue weighted by Crippen LogP contribution is -2.41. The normalized spacial score (nSPS) is 10.5. The van der Waals surface area contributed by atoms with Crippen LogP contribution in [0.15, 0.2) is 0 Å². The molecule has 0 aliphatic carbocycles. The van der Waals surface area contributed by atoms with E-state index in [1.807, 2.05) is 0 Å². The number of nitrogens with one attached hydrogen (secondary N) is 1. The third-order valence-electron chi connectivity index (χ3n) is 1.35. The molecule has 0 atom stereocenters. The Labute approximate surface area is 78.7 Å². The summed E-state index contributed by atoms with van der Waals surface area (Å²) >= 11 is 5.43. The van der Waals surface area contributed by atoms with Crippen LogP contribution in [0.4, 0.5) is 0 Å². The first kappa shape index (κ1) is 11.3. The lowest BCUT2D eigenvalue weighted by Gasteiger charge is -2.19. The first-order chi connectivity index (χ1) is 5.52. The molecule has 0 aliphatic heterocycles. The van der Waals surface area contributed by atoms with Crippen LogP contribution in [0.2, 0.25) is 0 Å². The molecule has 1 N–H and O–H groups in total. The lowest BCUT2D eigenvalue weighted by atomic mass is 10.1. The van der Waals surface area contributed by atoms with E-state index in [2.05, 4.69) is 11.2 Å². The highest BCUT2D eigenvalue weighted by Crippen LogP contribution is 2.00. The van der Waals surface area contributed by atoms with Crippen molar-refractivity contribution in [3.8, 4) is 12.3 Å². The smallest absolute Gasteiger partial charge is 0.221 e. The van der Waals surface area contributed by atoms with Crippen LogP contribution in [0.3, 0.4) is 0 Å². The van der Waals surface area contributed by atoms with Gasteiger partial charge in [0.15, 0.2) is 0 Å². The maximum Gasteiger partial charge on any atom is 0.221 e. The summed E-state index contributed by atoms with van der Waals surface area (Å²) < 4.78 is 0. The van der Waals surface area contributed by atoms with Gasteiger partial charge in [0, 0.05) is 12.3 Å². The molecule has 0 fully saturated rings. The Kier molecular flexibility index (Phi) is 4.77. The summed E-state index contributed by atoms with van der Waals surface area (Å²) in [6.45, 7) is 3.57. The predicted octanol–water partition coefficient (Wildman–Crippen LogP) is 1.53. The molecular formula is C9H14ClNO. The fourth-order valence-corrected chi connectivity index (χ4v) is 0.808. The number of halogens is 1. The van der Waals surface area contributed by atoms with E-state index >= 15 is 0 Å². The van der Waals surface area contributed by atoms with Gasteiger partial charge in [-0.05, 0) is 20.3 Å². The molecule has 0 heterocycles. The number of rotatable bonds is 4.